The quantitative estimate of drug-likeness (QED) is 0.444. The summed E-state index contributed by atoms with van der Waals surface area (Å²) in [7, 11) is -4.32. The number of halogens is 3. The van der Waals surface area contributed by atoms with Crippen molar-refractivity contribution in [2.75, 3.05) is 31.1 Å². The van der Waals surface area contributed by atoms with Crippen LogP contribution in [-0.2, 0) is 26.0 Å². The summed E-state index contributed by atoms with van der Waals surface area (Å²) in [4.78, 5) is 41.3. The van der Waals surface area contributed by atoms with E-state index in [9.17, 15) is 31.6 Å². The van der Waals surface area contributed by atoms with Crippen LogP contribution in [0, 0.1) is 0 Å². The molecule has 1 aromatic heterocycles. The Hall–Kier alpha value is -2.87. The first kappa shape index (κ1) is 30.1. The van der Waals surface area contributed by atoms with Crippen LogP contribution in [0.5, 0.6) is 0 Å². The number of piperidine rings is 1. The fourth-order valence-corrected chi connectivity index (χ4v) is 7.26. The molecule has 2 aliphatic rings. The molecule has 0 bridgehead atoms. The van der Waals surface area contributed by atoms with Gasteiger partial charge in [0.2, 0.25) is 21.8 Å². The fourth-order valence-electron chi connectivity index (χ4n) is 4.88. The summed E-state index contributed by atoms with van der Waals surface area (Å²) in [6.07, 6.45) is -0.474. The highest BCUT2D eigenvalue weighted by molar-refractivity contribution is 7.89. The van der Waals surface area contributed by atoms with Gasteiger partial charge in [-0.15, -0.1) is 11.3 Å². The average Bonchev–Trinajstić information content (AvgIpc) is 3.57. The van der Waals surface area contributed by atoms with E-state index in [4.69, 9.17) is 11.6 Å². The summed E-state index contributed by atoms with van der Waals surface area (Å²) in [6, 6.07) is 4.67. The van der Waals surface area contributed by atoms with Crippen LogP contribution in [0.15, 0.2) is 46.2 Å². The van der Waals surface area contributed by atoms with Gasteiger partial charge in [0.15, 0.2) is 0 Å². The lowest BCUT2D eigenvalue weighted by Crippen LogP contribution is -2.54. The molecule has 14 heteroatoms. The van der Waals surface area contributed by atoms with Crippen LogP contribution in [0.3, 0.4) is 0 Å². The first-order valence-corrected chi connectivity index (χ1v) is 15.5. The van der Waals surface area contributed by atoms with Crippen molar-refractivity contribution in [1.82, 2.24) is 14.9 Å². The Labute approximate surface area is 240 Å². The Balaban J connectivity index is 1.60. The molecule has 0 spiro atoms. The van der Waals surface area contributed by atoms with Crippen LogP contribution in [-0.4, -0.2) is 63.3 Å². The van der Waals surface area contributed by atoms with Crippen LogP contribution in [0.25, 0.3) is 0 Å². The number of anilines is 1. The molecule has 216 valence electrons. The average molecular weight is 615 g/mol. The van der Waals surface area contributed by atoms with E-state index in [0.29, 0.717) is 41.4 Å². The second kappa shape index (κ2) is 12.8. The van der Waals surface area contributed by atoms with E-state index in [0.717, 1.165) is 11.3 Å². The summed E-state index contributed by atoms with van der Waals surface area (Å²) in [5.41, 5.74) is 1.15. The van der Waals surface area contributed by atoms with Crippen molar-refractivity contribution in [2.24, 2.45) is 0 Å². The highest BCUT2D eigenvalue weighted by Crippen LogP contribution is 2.31. The second-order valence-corrected chi connectivity index (χ2v) is 12.7. The number of thiophene rings is 1. The summed E-state index contributed by atoms with van der Waals surface area (Å²) in [5.74, 6) is -1.29. The number of hydrogen-bond donors (Lipinski definition) is 2. The summed E-state index contributed by atoms with van der Waals surface area (Å²) in [6.45, 7) is 1.85. The minimum atomic E-state index is -4.32. The van der Waals surface area contributed by atoms with Crippen molar-refractivity contribution in [3.05, 3.63) is 56.8 Å². The molecule has 2 aromatic rings. The molecule has 0 saturated carbocycles. The van der Waals surface area contributed by atoms with Crippen molar-refractivity contribution in [2.45, 2.75) is 50.0 Å². The number of sulfonamides is 1. The minimum Gasteiger partial charge on any atom is -0.350 e. The molecule has 3 heterocycles. The zero-order valence-corrected chi connectivity index (χ0v) is 24.1. The third kappa shape index (κ3) is 6.70. The Kier molecular flexibility index (Phi) is 9.60. The van der Waals surface area contributed by atoms with E-state index >= 15 is 0 Å². The molecule has 40 heavy (non-hydrogen) atoms. The van der Waals surface area contributed by atoms with Crippen LogP contribution in [0.4, 0.5) is 14.5 Å². The number of amides is 3. The Morgan fingerprint density at radius 3 is 2.45 bits per heavy atom. The van der Waals surface area contributed by atoms with Gasteiger partial charge >= 0.3 is 0 Å². The third-order valence-electron chi connectivity index (χ3n) is 6.95. The van der Waals surface area contributed by atoms with Crippen molar-refractivity contribution in [1.29, 1.82) is 0 Å². The standard InChI is InChI=1S/C26H29ClF2N4O5S2/c1-2-18-20(33-10-4-7-23(33)34)5-3-6-21(18)40(37,38)31-19(14-30-25(35)17-13-22(27)39-15-17)26(36)32-11-8-16(9-12-32)24(28)29/h3,5-6,13,15,19,31H,2,4,7-12,14H2,1H3,(H,30,35)/t19-/m0/s1. The predicted molar refractivity (Wildman–Crippen MR) is 148 cm³/mol. The fraction of sp³-hybridized carbons (Fsp3) is 0.423. The zero-order valence-electron chi connectivity index (χ0n) is 21.7. The van der Waals surface area contributed by atoms with E-state index in [1.165, 1.54) is 28.5 Å². The molecule has 0 unspecified atom stereocenters. The van der Waals surface area contributed by atoms with Crippen LogP contribution in [0.1, 0.15) is 48.5 Å². The van der Waals surface area contributed by atoms with E-state index in [-0.39, 0.29) is 54.4 Å². The lowest BCUT2D eigenvalue weighted by molar-refractivity contribution is -0.133. The molecule has 0 aliphatic carbocycles. The molecule has 4 rings (SSSR count). The highest BCUT2D eigenvalue weighted by Gasteiger charge is 2.34. The van der Waals surface area contributed by atoms with Crippen LogP contribution >= 0.6 is 22.9 Å². The molecule has 0 radical (unpaired) electrons. The summed E-state index contributed by atoms with van der Waals surface area (Å²) >= 11 is 7.06. The largest absolute Gasteiger partial charge is 0.350 e. The van der Waals surface area contributed by atoms with Crippen LogP contribution in [0.2, 0.25) is 4.34 Å². The van der Waals surface area contributed by atoms with Crippen molar-refractivity contribution < 1.29 is 31.6 Å². The Bertz CT molecular complexity index is 1430. The molecular weight excluding hydrogens is 586 g/mol. The van der Waals surface area contributed by atoms with Gasteiger partial charge in [0.05, 0.1) is 14.8 Å². The van der Waals surface area contributed by atoms with E-state index in [1.54, 1.807) is 17.9 Å². The molecule has 1 aromatic carbocycles. The maximum atomic E-state index is 13.7. The molecule has 2 N–H and O–H groups in total. The first-order chi connectivity index (χ1) is 19.0. The van der Waals surface area contributed by atoms with E-state index in [2.05, 4.69) is 10.0 Å². The minimum absolute atomic E-state index is 0.00934. The normalized spacial score (nSPS) is 16.8. The smallest absolute Gasteiger partial charge is 0.269 e. The maximum Gasteiger partial charge on any atom is 0.269 e. The monoisotopic (exact) mass is 614 g/mol. The van der Waals surface area contributed by atoms with Gasteiger partial charge in [-0.05, 0) is 55.0 Å². The topological polar surface area (TPSA) is 116 Å². The van der Waals surface area contributed by atoms with Gasteiger partial charge in [0.25, 0.3) is 12.0 Å². The van der Waals surface area contributed by atoms with Gasteiger partial charge in [0.1, 0.15) is 6.04 Å². The van der Waals surface area contributed by atoms with Gasteiger partial charge in [-0.3, -0.25) is 14.4 Å². The summed E-state index contributed by atoms with van der Waals surface area (Å²) < 4.78 is 56.3. The van der Waals surface area contributed by atoms with Crippen LogP contribution < -0.4 is 14.9 Å². The number of carbonyl (C=O) groups excluding carboxylic acids is 3. The van der Waals surface area contributed by atoms with Gasteiger partial charge in [0, 0.05) is 43.7 Å². The van der Waals surface area contributed by atoms with E-state index < -0.39 is 34.0 Å². The number of benzene rings is 1. The molecule has 1 atom stereocenters. The van der Waals surface area contributed by atoms with Gasteiger partial charge < -0.3 is 15.1 Å². The number of nitrogens with one attached hydrogen (secondary N) is 2. The maximum absolute atomic E-state index is 13.7. The number of carbonyl (C=O) groups is 3. The lowest BCUT2D eigenvalue weighted by atomic mass is 10.0. The molecular formula is C26H29ClF2N4O5S2. The van der Waals surface area contributed by atoms with E-state index in [1.807, 2.05) is 0 Å². The lowest BCUT2D eigenvalue weighted by Gasteiger charge is -2.31. The Morgan fingerprint density at radius 2 is 1.88 bits per heavy atom. The number of nitrogens with zero attached hydrogens (tertiary/aromatic N) is 2. The molecule has 3 amide bonds. The van der Waals surface area contributed by atoms with Gasteiger partial charge in [-0.25, -0.2) is 8.42 Å². The van der Waals surface area contributed by atoms with Crippen molar-refractivity contribution in [3.63, 3.8) is 0 Å². The molecule has 2 fully saturated rings. The van der Waals surface area contributed by atoms with Crippen molar-refractivity contribution >= 4 is 56.4 Å². The number of rotatable bonds is 9. The first-order valence-electron chi connectivity index (χ1n) is 12.8. The predicted octanol–water partition coefficient (Wildman–Crippen LogP) is 3.94. The highest BCUT2D eigenvalue weighted by atomic mass is 35.5. The molecule has 2 aliphatic heterocycles. The second-order valence-electron chi connectivity index (χ2n) is 9.47. The Morgan fingerprint density at radius 1 is 1.15 bits per heavy atom. The number of likely N-dealkylation sites (tertiary alicyclic amines) is 1. The zero-order chi connectivity index (χ0) is 29.0. The third-order valence-corrected chi connectivity index (χ3v) is 9.60. The number of hydrogen-bond acceptors (Lipinski definition) is 6. The summed E-state index contributed by atoms with van der Waals surface area (Å²) in [5, 5.41) is 4.11. The van der Waals surface area contributed by atoms with Crippen molar-refractivity contribution in [3.8, 4) is 0 Å². The van der Waals surface area contributed by atoms with Gasteiger partial charge in [-0.1, -0.05) is 24.6 Å². The molecule has 9 nitrogen and oxygen atoms in total. The van der Waals surface area contributed by atoms with Gasteiger partial charge in [-0.2, -0.15) is 13.5 Å². The molecule has 2 saturated heterocycles. The SMILES string of the molecule is CCc1c(N2CCCC2=O)cccc1S(=O)(=O)N[C@@H](CNC(=O)c1csc(Cl)c1)C(=O)N1CCC(=C(F)F)CC1.